The Labute approximate surface area is 118 Å². The minimum atomic E-state index is -0.266. The Kier molecular flexibility index (Phi) is 4.39. The molecule has 2 amide bonds. The van der Waals surface area contributed by atoms with Crippen LogP contribution in [-0.4, -0.2) is 30.6 Å². The van der Waals surface area contributed by atoms with Crippen LogP contribution in [0.15, 0.2) is 24.3 Å². The third-order valence-corrected chi connectivity index (χ3v) is 3.47. The highest BCUT2D eigenvalue weighted by molar-refractivity contribution is 5.95. The van der Waals surface area contributed by atoms with Gasteiger partial charge < -0.3 is 15.4 Å². The number of carbonyl (C=O) groups excluding carboxylic acids is 2. The fraction of sp³-hybridized carbons (Fsp3) is 0.467. The molecule has 0 aromatic heterocycles. The lowest BCUT2D eigenvalue weighted by atomic mass is 10.0. The molecule has 108 valence electrons. The highest BCUT2D eigenvalue weighted by atomic mass is 16.5. The quantitative estimate of drug-likeness (QED) is 0.831. The number of hydrogen-bond acceptors (Lipinski definition) is 3. The van der Waals surface area contributed by atoms with Gasteiger partial charge in [0.15, 0.2) is 5.78 Å². The zero-order chi connectivity index (χ0) is 14.6. The summed E-state index contributed by atoms with van der Waals surface area (Å²) in [6.45, 7) is 4.76. The van der Waals surface area contributed by atoms with Gasteiger partial charge in [0.05, 0.1) is 5.60 Å². The molecule has 1 atom stereocenters. The van der Waals surface area contributed by atoms with E-state index in [0.29, 0.717) is 17.8 Å². The van der Waals surface area contributed by atoms with Crippen molar-refractivity contribution in [2.75, 3.05) is 18.5 Å². The van der Waals surface area contributed by atoms with E-state index >= 15 is 0 Å². The molecule has 1 heterocycles. The number of ketones is 1. The van der Waals surface area contributed by atoms with Gasteiger partial charge in [0.25, 0.3) is 0 Å². The Balaban J connectivity index is 1.83. The molecule has 2 rings (SSSR count). The fourth-order valence-electron chi connectivity index (χ4n) is 2.21. The smallest absolute Gasteiger partial charge is 0.319 e. The molecule has 0 spiro atoms. The molecular weight excluding hydrogens is 256 g/mol. The van der Waals surface area contributed by atoms with Gasteiger partial charge in [-0.05, 0) is 51.0 Å². The number of amides is 2. The first kappa shape index (κ1) is 14.5. The summed E-state index contributed by atoms with van der Waals surface area (Å²) >= 11 is 0. The minimum Gasteiger partial charge on any atom is -0.373 e. The lowest BCUT2D eigenvalue weighted by Crippen LogP contribution is -2.41. The first-order valence-electron chi connectivity index (χ1n) is 6.78. The van der Waals surface area contributed by atoms with Crippen molar-refractivity contribution in [1.82, 2.24) is 5.32 Å². The van der Waals surface area contributed by atoms with Gasteiger partial charge in [-0.1, -0.05) is 0 Å². The highest BCUT2D eigenvalue weighted by Crippen LogP contribution is 2.23. The summed E-state index contributed by atoms with van der Waals surface area (Å²) in [4.78, 5) is 22.9. The Hall–Kier alpha value is -1.88. The van der Waals surface area contributed by atoms with Crippen molar-refractivity contribution in [3.05, 3.63) is 29.8 Å². The number of benzene rings is 1. The Morgan fingerprint density at radius 2 is 2.00 bits per heavy atom. The van der Waals surface area contributed by atoms with Gasteiger partial charge in [-0.15, -0.1) is 0 Å². The zero-order valence-corrected chi connectivity index (χ0v) is 11.9. The SMILES string of the molecule is CC(=O)c1ccc(NC(=O)NCC2(C)CCCO2)cc1. The molecular formula is C15H20N2O3. The van der Waals surface area contributed by atoms with Crippen molar-refractivity contribution >= 4 is 17.5 Å². The van der Waals surface area contributed by atoms with E-state index in [1.807, 2.05) is 6.92 Å². The van der Waals surface area contributed by atoms with Gasteiger partial charge in [-0.25, -0.2) is 4.79 Å². The van der Waals surface area contributed by atoms with E-state index in [1.54, 1.807) is 24.3 Å². The van der Waals surface area contributed by atoms with Gasteiger partial charge in [0.2, 0.25) is 0 Å². The van der Waals surface area contributed by atoms with E-state index < -0.39 is 0 Å². The van der Waals surface area contributed by atoms with Crippen LogP contribution in [0.2, 0.25) is 0 Å². The van der Waals surface area contributed by atoms with E-state index in [2.05, 4.69) is 10.6 Å². The average Bonchev–Trinajstić information content (AvgIpc) is 2.85. The van der Waals surface area contributed by atoms with Gasteiger partial charge in [-0.3, -0.25) is 4.79 Å². The molecule has 1 unspecified atom stereocenters. The first-order valence-corrected chi connectivity index (χ1v) is 6.78. The van der Waals surface area contributed by atoms with E-state index in [0.717, 1.165) is 19.4 Å². The monoisotopic (exact) mass is 276 g/mol. The van der Waals surface area contributed by atoms with Gasteiger partial charge in [0, 0.05) is 24.4 Å². The summed E-state index contributed by atoms with van der Waals surface area (Å²) in [5.74, 6) is 0.00677. The van der Waals surface area contributed by atoms with Gasteiger partial charge in [-0.2, -0.15) is 0 Å². The number of urea groups is 1. The minimum absolute atomic E-state index is 0.00677. The lowest BCUT2D eigenvalue weighted by Gasteiger charge is -2.23. The number of nitrogens with one attached hydrogen (secondary N) is 2. The van der Waals surface area contributed by atoms with Gasteiger partial charge >= 0.3 is 6.03 Å². The zero-order valence-electron chi connectivity index (χ0n) is 11.9. The maximum atomic E-state index is 11.8. The van der Waals surface area contributed by atoms with Crippen LogP contribution in [0.3, 0.4) is 0 Å². The third-order valence-electron chi connectivity index (χ3n) is 3.47. The summed E-state index contributed by atoms with van der Waals surface area (Å²) in [6, 6.07) is 6.55. The second kappa shape index (κ2) is 6.05. The Bertz CT molecular complexity index is 490. The van der Waals surface area contributed by atoms with Crippen LogP contribution in [0.1, 0.15) is 37.0 Å². The van der Waals surface area contributed by atoms with Crippen LogP contribution in [0.25, 0.3) is 0 Å². The normalized spacial score (nSPS) is 21.5. The van der Waals surface area contributed by atoms with E-state index in [4.69, 9.17) is 4.74 Å². The molecule has 0 radical (unpaired) electrons. The molecule has 0 aliphatic carbocycles. The van der Waals surface area contributed by atoms with Crippen molar-refractivity contribution < 1.29 is 14.3 Å². The highest BCUT2D eigenvalue weighted by Gasteiger charge is 2.29. The van der Waals surface area contributed by atoms with Crippen molar-refractivity contribution in [3.63, 3.8) is 0 Å². The first-order chi connectivity index (χ1) is 9.48. The van der Waals surface area contributed by atoms with Crippen molar-refractivity contribution in [1.29, 1.82) is 0 Å². The molecule has 5 heteroatoms. The van der Waals surface area contributed by atoms with Crippen molar-refractivity contribution in [3.8, 4) is 0 Å². The Morgan fingerprint density at radius 1 is 1.30 bits per heavy atom. The molecule has 0 saturated carbocycles. The van der Waals surface area contributed by atoms with Gasteiger partial charge in [0.1, 0.15) is 0 Å². The molecule has 1 aliphatic heterocycles. The van der Waals surface area contributed by atoms with Crippen LogP contribution in [-0.2, 0) is 4.74 Å². The van der Waals surface area contributed by atoms with E-state index in [9.17, 15) is 9.59 Å². The number of rotatable bonds is 4. The maximum absolute atomic E-state index is 11.8. The molecule has 2 N–H and O–H groups in total. The summed E-state index contributed by atoms with van der Waals surface area (Å²) in [5, 5.41) is 5.54. The summed E-state index contributed by atoms with van der Waals surface area (Å²) in [6.07, 6.45) is 1.99. The predicted molar refractivity (Wildman–Crippen MR) is 77.1 cm³/mol. The molecule has 5 nitrogen and oxygen atoms in total. The number of anilines is 1. The summed E-state index contributed by atoms with van der Waals surface area (Å²) < 4.78 is 5.60. The summed E-state index contributed by atoms with van der Waals surface area (Å²) in [5.41, 5.74) is 1.03. The molecule has 1 fully saturated rings. The number of Topliss-reactive ketones (excluding diaryl/α,β-unsaturated/α-hetero) is 1. The average molecular weight is 276 g/mol. The summed E-state index contributed by atoms with van der Waals surface area (Å²) in [7, 11) is 0. The van der Waals surface area contributed by atoms with Crippen molar-refractivity contribution in [2.45, 2.75) is 32.3 Å². The van der Waals surface area contributed by atoms with E-state index in [-0.39, 0.29) is 17.4 Å². The fourth-order valence-corrected chi connectivity index (χ4v) is 2.21. The third kappa shape index (κ3) is 3.81. The molecule has 0 bridgehead atoms. The second-order valence-electron chi connectivity index (χ2n) is 5.34. The van der Waals surface area contributed by atoms with Crippen molar-refractivity contribution in [2.24, 2.45) is 0 Å². The van der Waals surface area contributed by atoms with E-state index in [1.165, 1.54) is 6.92 Å². The van der Waals surface area contributed by atoms with Crippen LogP contribution in [0, 0.1) is 0 Å². The molecule has 1 aromatic carbocycles. The molecule has 20 heavy (non-hydrogen) atoms. The molecule has 1 aliphatic rings. The largest absolute Gasteiger partial charge is 0.373 e. The molecule has 1 aromatic rings. The number of carbonyl (C=O) groups is 2. The van der Waals surface area contributed by atoms with Crippen LogP contribution in [0.5, 0.6) is 0 Å². The Morgan fingerprint density at radius 3 is 2.55 bits per heavy atom. The standard InChI is InChI=1S/C15H20N2O3/c1-11(18)12-4-6-13(7-5-12)17-14(19)16-10-15(2)8-3-9-20-15/h4-7H,3,8-10H2,1-2H3,(H2,16,17,19). The topological polar surface area (TPSA) is 67.4 Å². The molecule has 1 saturated heterocycles. The maximum Gasteiger partial charge on any atom is 0.319 e. The van der Waals surface area contributed by atoms with Crippen LogP contribution in [0.4, 0.5) is 10.5 Å². The number of hydrogen-bond donors (Lipinski definition) is 2. The lowest BCUT2D eigenvalue weighted by molar-refractivity contribution is 0.0232. The number of ether oxygens (including phenoxy) is 1. The second-order valence-corrected chi connectivity index (χ2v) is 5.34. The predicted octanol–water partition coefficient (Wildman–Crippen LogP) is 2.58. The van der Waals surface area contributed by atoms with Crippen LogP contribution >= 0.6 is 0 Å². The van der Waals surface area contributed by atoms with Crippen LogP contribution < -0.4 is 10.6 Å².